The van der Waals surface area contributed by atoms with E-state index in [0.717, 1.165) is 16.7 Å². The molecule has 11 heteroatoms. The average Bonchev–Trinajstić information content (AvgIpc) is 2.93. The van der Waals surface area contributed by atoms with Crippen LogP contribution in [0.4, 0.5) is 35.1 Å². The molecule has 0 atom stereocenters. The summed E-state index contributed by atoms with van der Waals surface area (Å²) in [5.41, 5.74) is -3.29. The van der Waals surface area contributed by atoms with Gasteiger partial charge >= 0.3 is 12.4 Å². The van der Waals surface area contributed by atoms with Gasteiger partial charge in [-0.1, -0.05) is 0 Å². The van der Waals surface area contributed by atoms with Crippen molar-refractivity contribution in [1.82, 2.24) is 4.57 Å². The number of halogens is 10. The molecule has 0 aliphatic carbocycles. The van der Waals surface area contributed by atoms with Gasteiger partial charge in [0.25, 0.3) is 0 Å². The Morgan fingerprint density at radius 1 is 0.581 bits per heavy atom. The third kappa shape index (κ3) is 3.82. The van der Waals surface area contributed by atoms with Crippen LogP contribution in [0.25, 0.3) is 27.5 Å². The normalized spacial score (nSPS) is 12.8. The lowest BCUT2D eigenvalue weighted by Gasteiger charge is -2.16. The zero-order chi connectivity index (χ0) is 22.9. The van der Waals surface area contributed by atoms with Crippen LogP contribution in [0, 0.1) is 11.6 Å². The van der Waals surface area contributed by atoms with Crippen LogP contribution in [0.3, 0.4) is 0 Å². The summed E-state index contributed by atoms with van der Waals surface area (Å²) >= 11 is 5.94. The Bertz CT molecular complexity index is 1250. The summed E-state index contributed by atoms with van der Waals surface area (Å²) in [6.45, 7) is 0. The SMILES string of the molecule is Fc1cc2c3cc(F)c(Br)cc3n(-c3cc(C(F)(F)F)cc(C(F)(F)F)c3)c2cc1Br. The first-order chi connectivity index (χ1) is 14.3. The lowest BCUT2D eigenvalue weighted by atomic mass is 10.1. The van der Waals surface area contributed by atoms with Gasteiger partial charge in [-0.05, 0) is 74.3 Å². The molecule has 0 N–H and O–H groups in total. The molecule has 0 saturated heterocycles. The van der Waals surface area contributed by atoms with E-state index >= 15 is 0 Å². The van der Waals surface area contributed by atoms with E-state index in [1.54, 1.807) is 0 Å². The molecule has 1 nitrogen and oxygen atoms in total. The molecule has 0 saturated carbocycles. The topological polar surface area (TPSA) is 4.93 Å². The van der Waals surface area contributed by atoms with Gasteiger partial charge in [-0.3, -0.25) is 0 Å². The van der Waals surface area contributed by atoms with Crippen LogP contribution in [0.1, 0.15) is 11.1 Å². The second-order valence-corrected chi connectivity index (χ2v) is 8.38. The molecule has 0 amide bonds. The van der Waals surface area contributed by atoms with Crippen molar-refractivity contribution in [3.63, 3.8) is 0 Å². The zero-order valence-electron chi connectivity index (χ0n) is 14.8. The van der Waals surface area contributed by atoms with E-state index in [4.69, 9.17) is 0 Å². The van der Waals surface area contributed by atoms with E-state index in [-0.39, 0.29) is 36.8 Å². The monoisotopic (exact) mass is 571 g/mol. The van der Waals surface area contributed by atoms with Gasteiger partial charge < -0.3 is 4.57 Å². The van der Waals surface area contributed by atoms with Gasteiger partial charge in [0.15, 0.2) is 0 Å². The smallest absolute Gasteiger partial charge is 0.309 e. The van der Waals surface area contributed by atoms with Gasteiger partial charge in [-0.15, -0.1) is 0 Å². The number of fused-ring (bicyclic) bond motifs is 3. The van der Waals surface area contributed by atoms with E-state index in [1.807, 2.05) is 0 Å². The Labute approximate surface area is 185 Å². The molecular formula is C20H7Br2F8N. The van der Waals surface area contributed by atoms with Crippen molar-refractivity contribution in [2.45, 2.75) is 12.4 Å². The molecule has 0 aliphatic heterocycles. The molecule has 4 aromatic rings. The Morgan fingerprint density at radius 3 is 1.32 bits per heavy atom. The molecule has 0 spiro atoms. The molecule has 0 bridgehead atoms. The van der Waals surface area contributed by atoms with Crippen LogP contribution in [0.2, 0.25) is 0 Å². The molecule has 0 fully saturated rings. The molecule has 1 aromatic heterocycles. The molecular weight excluding hydrogens is 566 g/mol. The van der Waals surface area contributed by atoms with Gasteiger partial charge in [-0.2, -0.15) is 26.3 Å². The van der Waals surface area contributed by atoms with E-state index < -0.39 is 40.8 Å². The summed E-state index contributed by atoms with van der Waals surface area (Å²) in [5, 5.41) is 0.237. The number of nitrogens with zero attached hydrogens (tertiary/aromatic N) is 1. The van der Waals surface area contributed by atoms with Crippen LogP contribution in [-0.4, -0.2) is 4.57 Å². The minimum Gasteiger partial charge on any atom is -0.309 e. The third-order valence-corrected chi connectivity index (χ3v) is 5.90. The van der Waals surface area contributed by atoms with Crippen molar-refractivity contribution in [2.24, 2.45) is 0 Å². The van der Waals surface area contributed by atoms with Crippen molar-refractivity contribution in [3.8, 4) is 5.69 Å². The highest BCUT2D eigenvalue weighted by Crippen LogP contribution is 2.41. The summed E-state index contributed by atoms with van der Waals surface area (Å²) < 4.78 is 109. The third-order valence-electron chi connectivity index (χ3n) is 4.68. The summed E-state index contributed by atoms with van der Waals surface area (Å²) in [4.78, 5) is 0. The second-order valence-electron chi connectivity index (χ2n) is 6.67. The zero-order valence-corrected chi connectivity index (χ0v) is 17.9. The summed E-state index contributed by atoms with van der Waals surface area (Å²) in [6, 6.07) is 5.62. The van der Waals surface area contributed by atoms with Crippen LogP contribution < -0.4 is 0 Å². The molecule has 1 heterocycles. The Hall–Kier alpha value is -2.14. The maximum atomic E-state index is 14.2. The van der Waals surface area contributed by atoms with Crippen molar-refractivity contribution in [2.75, 3.05) is 0 Å². The fourth-order valence-corrected chi connectivity index (χ4v) is 4.01. The molecule has 0 unspecified atom stereocenters. The van der Waals surface area contributed by atoms with Gasteiger partial charge in [0.2, 0.25) is 0 Å². The first-order valence-corrected chi connectivity index (χ1v) is 9.94. The number of aromatic nitrogens is 1. The van der Waals surface area contributed by atoms with E-state index in [0.29, 0.717) is 12.1 Å². The molecule has 0 radical (unpaired) electrons. The van der Waals surface area contributed by atoms with Gasteiger partial charge in [0.05, 0.1) is 31.1 Å². The highest BCUT2D eigenvalue weighted by molar-refractivity contribution is 9.10. The van der Waals surface area contributed by atoms with Gasteiger partial charge in [-0.25, -0.2) is 8.78 Å². The minimum atomic E-state index is -5.05. The fraction of sp³-hybridized carbons (Fsp3) is 0.100. The van der Waals surface area contributed by atoms with Crippen molar-refractivity contribution >= 4 is 53.7 Å². The highest BCUT2D eigenvalue weighted by atomic mass is 79.9. The second kappa shape index (κ2) is 7.19. The van der Waals surface area contributed by atoms with Crippen LogP contribution in [-0.2, 0) is 12.4 Å². The maximum absolute atomic E-state index is 14.2. The van der Waals surface area contributed by atoms with Crippen LogP contribution in [0.15, 0.2) is 51.4 Å². The summed E-state index contributed by atoms with van der Waals surface area (Å²) in [7, 11) is 0. The average molecular weight is 573 g/mol. The Kier molecular flexibility index (Phi) is 5.12. The Balaban J connectivity index is 2.19. The van der Waals surface area contributed by atoms with E-state index in [9.17, 15) is 35.1 Å². The molecule has 0 aliphatic rings. The van der Waals surface area contributed by atoms with Crippen molar-refractivity contribution in [3.05, 3.63) is 74.2 Å². The fourth-order valence-electron chi connectivity index (χ4n) is 3.35. The number of hydrogen-bond donors (Lipinski definition) is 0. The quantitative estimate of drug-likeness (QED) is 0.201. The predicted molar refractivity (Wildman–Crippen MR) is 106 cm³/mol. The predicted octanol–water partition coefficient (Wildman–Crippen LogP) is 8.62. The van der Waals surface area contributed by atoms with Crippen molar-refractivity contribution in [1.29, 1.82) is 0 Å². The first kappa shape index (κ1) is 22.1. The first-order valence-electron chi connectivity index (χ1n) is 8.35. The lowest BCUT2D eigenvalue weighted by Crippen LogP contribution is -2.12. The Morgan fingerprint density at radius 2 is 0.968 bits per heavy atom. The number of alkyl halides is 6. The summed E-state index contributed by atoms with van der Waals surface area (Å²) in [5.74, 6) is -1.45. The van der Waals surface area contributed by atoms with Crippen LogP contribution in [0.5, 0.6) is 0 Å². The highest BCUT2D eigenvalue weighted by Gasteiger charge is 2.37. The molecule has 162 valence electrons. The van der Waals surface area contributed by atoms with Gasteiger partial charge in [0.1, 0.15) is 11.6 Å². The largest absolute Gasteiger partial charge is 0.416 e. The molecule has 3 aromatic carbocycles. The summed E-state index contributed by atoms with van der Waals surface area (Å²) in [6.07, 6.45) is -10.1. The lowest BCUT2D eigenvalue weighted by molar-refractivity contribution is -0.143. The van der Waals surface area contributed by atoms with Crippen molar-refractivity contribution < 1.29 is 35.1 Å². The van der Waals surface area contributed by atoms with E-state index in [2.05, 4.69) is 31.9 Å². The molecule has 31 heavy (non-hydrogen) atoms. The minimum absolute atomic E-state index is 0.0164. The van der Waals surface area contributed by atoms with Gasteiger partial charge in [0, 0.05) is 16.5 Å². The van der Waals surface area contributed by atoms with E-state index in [1.165, 1.54) is 12.1 Å². The number of benzene rings is 3. The standard InChI is InChI=1S/C20H7Br2F8N/c21-13-6-17-11(4-15(13)23)12-5-16(24)14(22)7-18(12)31(17)10-2-8(19(25,26)27)1-9(3-10)20(28,29)30/h1-7H. The van der Waals surface area contributed by atoms with Crippen LogP contribution >= 0.6 is 31.9 Å². The number of rotatable bonds is 1. The number of hydrogen-bond acceptors (Lipinski definition) is 0. The maximum Gasteiger partial charge on any atom is 0.416 e. The molecule has 4 rings (SSSR count).